The van der Waals surface area contributed by atoms with Gasteiger partial charge in [0.15, 0.2) is 0 Å². The minimum absolute atomic E-state index is 0.0815. The van der Waals surface area contributed by atoms with Gasteiger partial charge in [0.05, 0.1) is 10.0 Å². The molecule has 1 saturated carbocycles. The molecule has 27 heavy (non-hydrogen) atoms. The van der Waals surface area contributed by atoms with E-state index in [9.17, 15) is 4.79 Å². The van der Waals surface area contributed by atoms with Crippen molar-refractivity contribution in [1.82, 2.24) is 10.2 Å². The molecule has 1 aliphatic carbocycles. The van der Waals surface area contributed by atoms with Crippen LogP contribution < -0.4 is 5.32 Å². The molecule has 0 spiro atoms. The molecule has 144 valence electrons. The maximum Gasteiger partial charge on any atom is 0.251 e. The van der Waals surface area contributed by atoms with Gasteiger partial charge in [0.25, 0.3) is 5.91 Å². The third kappa shape index (κ3) is 5.47. The predicted molar refractivity (Wildman–Crippen MR) is 113 cm³/mol. The van der Waals surface area contributed by atoms with Gasteiger partial charge >= 0.3 is 0 Å². The summed E-state index contributed by atoms with van der Waals surface area (Å²) in [6.07, 6.45) is 5.49. The molecule has 3 rings (SSSR count). The smallest absolute Gasteiger partial charge is 0.251 e. The van der Waals surface area contributed by atoms with E-state index in [2.05, 4.69) is 41.5 Å². The normalized spacial score (nSPS) is 19.9. The van der Waals surface area contributed by atoms with E-state index in [1.165, 1.54) is 12.0 Å². The second-order valence-corrected chi connectivity index (χ2v) is 8.09. The molecule has 1 N–H and O–H groups in total. The molecule has 0 radical (unpaired) electrons. The maximum atomic E-state index is 12.7. The zero-order valence-corrected chi connectivity index (χ0v) is 17.1. The number of benzene rings is 2. The highest BCUT2D eigenvalue weighted by Gasteiger charge is 2.29. The van der Waals surface area contributed by atoms with Gasteiger partial charge in [0.2, 0.25) is 0 Å². The fraction of sp³-hybridized carbons (Fsp3) is 0.409. The van der Waals surface area contributed by atoms with Gasteiger partial charge in [-0.15, -0.1) is 0 Å². The fourth-order valence-corrected chi connectivity index (χ4v) is 4.11. The second kappa shape index (κ2) is 9.59. The lowest BCUT2D eigenvalue weighted by atomic mass is 9.89. The van der Waals surface area contributed by atoms with Crippen molar-refractivity contribution in [2.24, 2.45) is 0 Å². The number of halogens is 2. The summed E-state index contributed by atoms with van der Waals surface area (Å²) in [6, 6.07) is 16.1. The summed E-state index contributed by atoms with van der Waals surface area (Å²) in [7, 11) is 2.16. The zero-order valence-electron chi connectivity index (χ0n) is 15.6. The first-order chi connectivity index (χ1) is 13.0. The molecule has 1 aliphatic rings. The van der Waals surface area contributed by atoms with Crippen LogP contribution in [0.4, 0.5) is 0 Å². The van der Waals surface area contributed by atoms with Crippen molar-refractivity contribution in [1.29, 1.82) is 0 Å². The van der Waals surface area contributed by atoms with Crippen LogP contribution in [0.3, 0.4) is 0 Å². The summed E-state index contributed by atoms with van der Waals surface area (Å²) in [5.74, 6) is -0.0815. The number of amides is 1. The molecule has 2 unspecified atom stereocenters. The van der Waals surface area contributed by atoms with E-state index in [1.54, 1.807) is 18.2 Å². The van der Waals surface area contributed by atoms with Gasteiger partial charge < -0.3 is 10.2 Å². The Kier molecular flexibility index (Phi) is 7.17. The van der Waals surface area contributed by atoms with Gasteiger partial charge in [0, 0.05) is 24.2 Å². The Morgan fingerprint density at radius 1 is 1.07 bits per heavy atom. The molecule has 1 fully saturated rings. The van der Waals surface area contributed by atoms with Gasteiger partial charge in [-0.3, -0.25) is 4.79 Å². The first-order valence-corrected chi connectivity index (χ1v) is 10.3. The lowest BCUT2D eigenvalue weighted by Crippen LogP contribution is -2.52. The Morgan fingerprint density at radius 3 is 2.56 bits per heavy atom. The molecule has 2 aromatic carbocycles. The molecule has 2 aromatic rings. The van der Waals surface area contributed by atoms with E-state index in [0.717, 1.165) is 32.2 Å². The minimum atomic E-state index is -0.0815. The summed E-state index contributed by atoms with van der Waals surface area (Å²) >= 11 is 12.0. The third-order valence-electron chi connectivity index (χ3n) is 5.39. The molecule has 5 heteroatoms. The van der Waals surface area contributed by atoms with Crippen molar-refractivity contribution in [2.45, 2.75) is 44.2 Å². The SMILES string of the molecule is CN(CCc1ccccc1)C1CCCCC1NC(=O)c1ccc(Cl)c(Cl)c1. The standard InChI is InChI=1S/C22H26Cl2N2O/c1-26(14-13-16-7-3-2-4-8-16)21-10-6-5-9-20(21)25-22(27)17-11-12-18(23)19(24)15-17/h2-4,7-8,11-12,15,20-21H,5-6,9-10,13-14H2,1H3,(H,25,27). The number of carbonyl (C=O) groups excluding carboxylic acids is 1. The second-order valence-electron chi connectivity index (χ2n) is 7.28. The minimum Gasteiger partial charge on any atom is -0.348 e. The van der Waals surface area contributed by atoms with Crippen molar-refractivity contribution >= 4 is 29.1 Å². The number of rotatable bonds is 6. The fourth-order valence-electron chi connectivity index (χ4n) is 3.81. The lowest BCUT2D eigenvalue weighted by Gasteiger charge is -2.38. The van der Waals surface area contributed by atoms with Crippen LogP contribution in [0.5, 0.6) is 0 Å². The van der Waals surface area contributed by atoms with Crippen molar-refractivity contribution in [3.05, 3.63) is 69.7 Å². The van der Waals surface area contributed by atoms with E-state index < -0.39 is 0 Å². The highest BCUT2D eigenvalue weighted by molar-refractivity contribution is 6.42. The van der Waals surface area contributed by atoms with Gasteiger partial charge in [-0.1, -0.05) is 66.4 Å². The lowest BCUT2D eigenvalue weighted by molar-refractivity contribution is 0.0865. The van der Waals surface area contributed by atoms with Crippen molar-refractivity contribution < 1.29 is 4.79 Å². The molecular weight excluding hydrogens is 379 g/mol. The van der Waals surface area contributed by atoms with Crippen LogP contribution in [-0.4, -0.2) is 36.5 Å². The molecular formula is C22H26Cl2N2O. The average molecular weight is 405 g/mol. The topological polar surface area (TPSA) is 32.3 Å². The van der Waals surface area contributed by atoms with Crippen LogP contribution in [0.25, 0.3) is 0 Å². The van der Waals surface area contributed by atoms with E-state index >= 15 is 0 Å². The Balaban J connectivity index is 1.62. The largest absolute Gasteiger partial charge is 0.348 e. The Morgan fingerprint density at radius 2 is 1.81 bits per heavy atom. The summed E-state index contributed by atoms with van der Waals surface area (Å²) < 4.78 is 0. The average Bonchev–Trinajstić information content (AvgIpc) is 2.69. The summed E-state index contributed by atoms with van der Waals surface area (Å²) in [5, 5.41) is 4.10. The first-order valence-electron chi connectivity index (χ1n) is 9.54. The van der Waals surface area contributed by atoms with Crippen LogP contribution in [-0.2, 0) is 6.42 Å². The van der Waals surface area contributed by atoms with Crippen LogP contribution in [0.1, 0.15) is 41.6 Å². The van der Waals surface area contributed by atoms with Gasteiger partial charge in [0.1, 0.15) is 0 Å². The summed E-state index contributed by atoms with van der Waals surface area (Å²) in [4.78, 5) is 15.1. The Labute approximate surface area is 171 Å². The molecule has 0 heterocycles. The zero-order chi connectivity index (χ0) is 19.2. The quantitative estimate of drug-likeness (QED) is 0.716. The summed E-state index contributed by atoms with van der Waals surface area (Å²) in [6.45, 7) is 0.980. The van der Waals surface area contributed by atoms with Crippen molar-refractivity contribution in [2.75, 3.05) is 13.6 Å². The molecule has 3 nitrogen and oxygen atoms in total. The first kappa shape index (κ1) is 20.2. The number of hydrogen-bond donors (Lipinski definition) is 1. The van der Waals surface area contributed by atoms with Crippen LogP contribution >= 0.6 is 23.2 Å². The van der Waals surface area contributed by atoms with E-state index in [-0.39, 0.29) is 11.9 Å². The Hall–Kier alpha value is -1.55. The van der Waals surface area contributed by atoms with Crippen molar-refractivity contribution in [3.8, 4) is 0 Å². The number of likely N-dealkylation sites (N-methyl/N-ethyl adjacent to an activating group) is 1. The predicted octanol–water partition coefficient (Wildman–Crippen LogP) is 5.21. The maximum absolute atomic E-state index is 12.7. The highest BCUT2D eigenvalue weighted by atomic mass is 35.5. The van der Waals surface area contributed by atoms with E-state index in [0.29, 0.717) is 21.7 Å². The molecule has 0 aliphatic heterocycles. The van der Waals surface area contributed by atoms with Gasteiger partial charge in [-0.2, -0.15) is 0 Å². The van der Waals surface area contributed by atoms with Crippen LogP contribution in [0.15, 0.2) is 48.5 Å². The van der Waals surface area contributed by atoms with Crippen molar-refractivity contribution in [3.63, 3.8) is 0 Å². The monoisotopic (exact) mass is 404 g/mol. The molecule has 1 amide bonds. The van der Waals surface area contributed by atoms with Gasteiger partial charge in [-0.25, -0.2) is 0 Å². The molecule has 0 saturated heterocycles. The third-order valence-corrected chi connectivity index (χ3v) is 6.13. The molecule has 0 bridgehead atoms. The highest BCUT2D eigenvalue weighted by Crippen LogP contribution is 2.25. The number of carbonyl (C=O) groups is 1. The molecule has 2 atom stereocenters. The Bertz CT molecular complexity index is 766. The number of nitrogens with zero attached hydrogens (tertiary/aromatic N) is 1. The van der Waals surface area contributed by atoms with E-state index in [4.69, 9.17) is 23.2 Å². The van der Waals surface area contributed by atoms with Gasteiger partial charge in [-0.05, 0) is 50.1 Å². The van der Waals surface area contributed by atoms with E-state index in [1.807, 2.05) is 6.07 Å². The summed E-state index contributed by atoms with van der Waals surface area (Å²) in [5.41, 5.74) is 1.90. The molecule has 0 aromatic heterocycles. The van der Waals surface area contributed by atoms with Crippen LogP contribution in [0.2, 0.25) is 10.0 Å². The number of nitrogens with one attached hydrogen (secondary N) is 1. The number of hydrogen-bond acceptors (Lipinski definition) is 2. The van der Waals surface area contributed by atoms with Crippen LogP contribution in [0, 0.1) is 0 Å².